The van der Waals surface area contributed by atoms with Gasteiger partial charge in [0, 0.05) is 38.8 Å². The normalized spacial score (nSPS) is 16.0. The smallest absolute Gasteiger partial charge is 0.230 e. The highest BCUT2D eigenvalue weighted by Crippen LogP contribution is 2.38. The first-order valence-corrected chi connectivity index (χ1v) is 11.4. The van der Waals surface area contributed by atoms with Gasteiger partial charge in [-0.1, -0.05) is 38.8 Å². The summed E-state index contributed by atoms with van der Waals surface area (Å²) in [5.74, 6) is 0.914. The van der Waals surface area contributed by atoms with Gasteiger partial charge in [-0.2, -0.15) is 0 Å². The highest BCUT2D eigenvalue weighted by Gasteiger charge is 2.42. The first-order valence-electron chi connectivity index (χ1n) is 11.4. The van der Waals surface area contributed by atoms with Crippen molar-refractivity contribution in [3.8, 4) is 0 Å². The first-order chi connectivity index (χ1) is 14.8. The van der Waals surface area contributed by atoms with Crippen molar-refractivity contribution in [2.75, 3.05) is 32.5 Å². The zero-order valence-corrected chi connectivity index (χ0v) is 22.5. The molecule has 32 heavy (non-hydrogen) atoms. The van der Waals surface area contributed by atoms with Crippen molar-refractivity contribution < 1.29 is 9.59 Å². The third-order valence-electron chi connectivity index (χ3n) is 6.03. The second-order valence-electron chi connectivity index (χ2n) is 8.73. The fraction of sp³-hybridized carbons (Fsp3) is 0.625. The molecule has 2 rings (SSSR count). The van der Waals surface area contributed by atoms with Crippen molar-refractivity contribution in [3.63, 3.8) is 0 Å². The fourth-order valence-corrected chi connectivity index (χ4v) is 3.96. The Labute approximate surface area is 210 Å². The molecule has 1 atom stereocenters. The molecule has 1 fully saturated rings. The van der Waals surface area contributed by atoms with E-state index in [4.69, 9.17) is 4.99 Å². The molecule has 1 aliphatic rings. The van der Waals surface area contributed by atoms with Crippen molar-refractivity contribution in [2.45, 2.75) is 59.4 Å². The molecule has 1 aliphatic carbocycles. The van der Waals surface area contributed by atoms with Crippen LogP contribution in [0.4, 0.5) is 5.69 Å². The molecular formula is C24H40IN5O2. The van der Waals surface area contributed by atoms with Gasteiger partial charge in [0.2, 0.25) is 11.8 Å². The Morgan fingerprint density at radius 1 is 1.16 bits per heavy atom. The number of amides is 2. The average Bonchev–Trinajstić information content (AvgIpc) is 3.24. The van der Waals surface area contributed by atoms with Gasteiger partial charge in [-0.15, -0.1) is 24.0 Å². The number of anilines is 1. The SMILES string of the molecule is CCNC(=NCc1cccc(NC(=O)C(C)CC)c1)NCC1(C(=O)N(C)C)CCCC1.I. The second-order valence-corrected chi connectivity index (χ2v) is 8.73. The van der Waals surface area contributed by atoms with E-state index in [1.165, 1.54) is 0 Å². The number of nitrogens with one attached hydrogen (secondary N) is 3. The predicted octanol–water partition coefficient (Wildman–Crippen LogP) is 3.99. The molecule has 0 spiro atoms. The zero-order chi connectivity index (χ0) is 22.9. The molecule has 1 saturated carbocycles. The Hall–Kier alpha value is -1.84. The average molecular weight is 558 g/mol. The van der Waals surface area contributed by atoms with Gasteiger partial charge in [0.25, 0.3) is 0 Å². The molecule has 0 saturated heterocycles. The molecule has 1 unspecified atom stereocenters. The summed E-state index contributed by atoms with van der Waals surface area (Å²) in [5, 5.41) is 9.65. The molecule has 1 aromatic carbocycles. The van der Waals surface area contributed by atoms with Crippen molar-refractivity contribution >= 4 is 47.4 Å². The molecule has 1 aromatic rings. The molecule has 7 nitrogen and oxygen atoms in total. The number of nitrogens with zero attached hydrogens (tertiary/aromatic N) is 2. The van der Waals surface area contributed by atoms with Crippen LogP contribution < -0.4 is 16.0 Å². The lowest BCUT2D eigenvalue weighted by Gasteiger charge is -2.31. The fourth-order valence-electron chi connectivity index (χ4n) is 3.96. The van der Waals surface area contributed by atoms with Crippen molar-refractivity contribution in [1.29, 1.82) is 0 Å². The zero-order valence-electron chi connectivity index (χ0n) is 20.2. The summed E-state index contributed by atoms with van der Waals surface area (Å²) < 4.78 is 0. The third-order valence-corrected chi connectivity index (χ3v) is 6.03. The largest absolute Gasteiger partial charge is 0.357 e. The van der Waals surface area contributed by atoms with E-state index < -0.39 is 0 Å². The van der Waals surface area contributed by atoms with E-state index in [0.717, 1.165) is 49.9 Å². The molecule has 180 valence electrons. The van der Waals surface area contributed by atoms with Crippen LogP contribution in [0.2, 0.25) is 0 Å². The third kappa shape index (κ3) is 7.94. The summed E-state index contributed by atoms with van der Waals surface area (Å²) in [4.78, 5) is 31.4. The number of carbonyl (C=O) groups is 2. The Bertz CT molecular complexity index is 775. The summed E-state index contributed by atoms with van der Waals surface area (Å²) in [5.41, 5.74) is 1.46. The molecule has 8 heteroatoms. The lowest BCUT2D eigenvalue weighted by Crippen LogP contribution is -2.49. The first kappa shape index (κ1) is 28.2. The number of guanidine groups is 1. The predicted molar refractivity (Wildman–Crippen MR) is 142 cm³/mol. The molecule has 0 aliphatic heterocycles. The topological polar surface area (TPSA) is 85.8 Å². The number of hydrogen-bond donors (Lipinski definition) is 3. The summed E-state index contributed by atoms with van der Waals surface area (Å²) in [6, 6.07) is 7.79. The minimum atomic E-state index is -0.347. The van der Waals surface area contributed by atoms with Crippen LogP contribution in [0, 0.1) is 11.3 Å². The molecule has 0 aromatic heterocycles. The lowest BCUT2D eigenvalue weighted by molar-refractivity contribution is -0.138. The van der Waals surface area contributed by atoms with Crippen molar-refractivity contribution in [2.24, 2.45) is 16.3 Å². The molecule has 2 amide bonds. The molecule has 0 radical (unpaired) electrons. The monoisotopic (exact) mass is 557 g/mol. The van der Waals surface area contributed by atoms with Crippen LogP contribution in [0.3, 0.4) is 0 Å². The molecule has 3 N–H and O–H groups in total. The van der Waals surface area contributed by atoms with Crippen LogP contribution >= 0.6 is 24.0 Å². The summed E-state index contributed by atoms with van der Waals surface area (Å²) in [6.07, 6.45) is 4.81. The van der Waals surface area contributed by atoms with Gasteiger partial charge in [0.05, 0.1) is 12.0 Å². The van der Waals surface area contributed by atoms with Crippen LogP contribution in [0.25, 0.3) is 0 Å². The second kappa shape index (κ2) is 13.6. The Kier molecular flexibility index (Phi) is 12.0. The quantitative estimate of drug-likeness (QED) is 0.244. The van der Waals surface area contributed by atoms with Gasteiger partial charge in [0.15, 0.2) is 5.96 Å². The maximum absolute atomic E-state index is 12.8. The maximum Gasteiger partial charge on any atom is 0.230 e. The van der Waals surface area contributed by atoms with E-state index in [1.807, 2.05) is 59.1 Å². The van der Waals surface area contributed by atoms with Crippen LogP contribution in [0.15, 0.2) is 29.3 Å². The molecular weight excluding hydrogens is 517 g/mol. The van der Waals surface area contributed by atoms with E-state index in [1.54, 1.807) is 4.90 Å². The Balaban J connectivity index is 0.00000512. The van der Waals surface area contributed by atoms with Crippen LogP contribution in [0.5, 0.6) is 0 Å². The van der Waals surface area contributed by atoms with Gasteiger partial charge < -0.3 is 20.9 Å². The van der Waals surface area contributed by atoms with Gasteiger partial charge in [0.1, 0.15) is 0 Å². The standard InChI is InChI=1S/C24H39N5O2.HI/c1-6-18(3)21(30)28-20-12-10-11-19(15-20)16-26-23(25-7-2)27-17-24(13-8-9-14-24)22(31)29(4)5;/h10-12,15,18H,6-9,13-14,16-17H2,1-5H3,(H,28,30)(H2,25,26,27);1H. The summed E-state index contributed by atoms with van der Waals surface area (Å²) in [7, 11) is 3.66. The number of halogens is 1. The number of rotatable bonds is 9. The summed E-state index contributed by atoms with van der Waals surface area (Å²) >= 11 is 0. The van der Waals surface area contributed by atoms with Crippen molar-refractivity contribution in [1.82, 2.24) is 15.5 Å². The van der Waals surface area contributed by atoms with E-state index in [2.05, 4.69) is 16.0 Å². The highest BCUT2D eigenvalue weighted by atomic mass is 127. The Morgan fingerprint density at radius 3 is 2.44 bits per heavy atom. The number of benzene rings is 1. The minimum absolute atomic E-state index is 0. The van der Waals surface area contributed by atoms with E-state index in [0.29, 0.717) is 19.0 Å². The minimum Gasteiger partial charge on any atom is -0.357 e. The molecule has 0 bridgehead atoms. The van der Waals surface area contributed by atoms with Crippen LogP contribution in [0.1, 0.15) is 58.4 Å². The van der Waals surface area contributed by atoms with E-state index in [9.17, 15) is 9.59 Å². The van der Waals surface area contributed by atoms with E-state index in [-0.39, 0.29) is 47.1 Å². The lowest BCUT2D eigenvalue weighted by atomic mass is 9.84. The highest BCUT2D eigenvalue weighted by molar-refractivity contribution is 14.0. The molecule has 0 heterocycles. The number of aliphatic imine (C=N–C) groups is 1. The van der Waals surface area contributed by atoms with Gasteiger partial charge in [-0.3, -0.25) is 9.59 Å². The number of hydrogen-bond acceptors (Lipinski definition) is 3. The van der Waals surface area contributed by atoms with E-state index >= 15 is 0 Å². The number of carbonyl (C=O) groups excluding carboxylic acids is 2. The maximum atomic E-state index is 12.8. The van der Waals surface area contributed by atoms with Gasteiger partial charge >= 0.3 is 0 Å². The van der Waals surface area contributed by atoms with Crippen molar-refractivity contribution in [3.05, 3.63) is 29.8 Å². The summed E-state index contributed by atoms with van der Waals surface area (Å²) in [6.45, 7) is 7.77. The Morgan fingerprint density at radius 2 is 1.84 bits per heavy atom. The van der Waals surface area contributed by atoms with Crippen LogP contribution in [-0.2, 0) is 16.1 Å². The van der Waals surface area contributed by atoms with Gasteiger partial charge in [-0.05, 0) is 43.9 Å². The van der Waals surface area contributed by atoms with Crippen LogP contribution in [-0.4, -0.2) is 49.9 Å². The van der Waals surface area contributed by atoms with Gasteiger partial charge in [-0.25, -0.2) is 4.99 Å².